The van der Waals surface area contributed by atoms with E-state index in [0.29, 0.717) is 5.92 Å². The van der Waals surface area contributed by atoms with Gasteiger partial charge < -0.3 is 5.32 Å². The van der Waals surface area contributed by atoms with E-state index in [9.17, 15) is 4.79 Å². The first-order chi connectivity index (χ1) is 9.16. The van der Waals surface area contributed by atoms with Crippen molar-refractivity contribution in [3.63, 3.8) is 0 Å². The summed E-state index contributed by atoms with van der Waals surface area (Å²) in [5.74, 6) is 0.698. The van der Waals surface area contributed by atoms with Gasteiger partial charge in [-0.2, -0.15) is 0 Å². The van der Waals surface area contributed by atoms with Gasteiger partial charge in [0.15, 0.2) is 0 Å². The lowest BCUT2D eigenvalue weighted by atomic mass is 10.1. The molecule has 2 aliphatic rings. The van der Waals surface area contributed by atoms with Gasteiger partial charge in [-0.3, -0.25) is 4.90 Å². The number of benzene rings is 1. The van der Waals surface area contributed by atoms with E-state index >= 15 is 0 Å². The minimum atomic E-state index is -0.0162. The van der Waals surface area contributed by atoms with Crippen LogP contribution in [-0.2, 0) is 6.42 Å². The second kappa shape index (κ2) is 4.72. The monoisotopic (exact) mass is 256 g/mol. The van der Waals surface area contributed by atoms with Gasteiger partial charge in [0, 0.05) is 17.9 Å². The number of urea groups is 1. The summed E-state index contributed by atoms with van der Waals surface area (Å²) in [6.07, 6.45) is 5.35. The van der Waals surface area contributed by atoms with Crippen LogP contribution in [0.2, 0.25) is 0 Å². The molecule has 1 heterocycles. The van der Waals surface area contributed by atoms with Gasteiger partial charge in [0.25, 0.3) is 0 Å². The van der Waals surface area contributed by atoms with Crippen LogP contribution < -0.4 is 10.2 Å². The molecule has 0 aromatic heterocycles. The molecule has 100 valence electrons. The molecule has 1 aromatic carbocycles. The molecule has 1 aliphatic carbocycles. The lowest BCUT2D eigenvalue weighted by molar-refractivity contribution is 0.248. The highest BCUT2D eigenvalue weighted by molar-refractivity contribution is 5.95. The fraction of sp³-hybridized carbons (Fsp3) is 0.438. The zero-order valence-electron chi connectivity index (χ0n) is 11.5. The molecule has 1 unspecified atom stereocenters. The lowest BCUT2D eigenvalue weighted by Gasteiger charge is -2.22. The van der Waals surface area contributed by atoms with Crippen LogP contribution in [0.1, 0.15) is 32.3 Å². The molecule has 1 aliphatic heterocycles. The Kier molecular flexibility index (Phi) is 3.05. The number of rotatable bonds is 2. The predicted molar refractivity (Wildman–Crippen MR) is 77.1 cm³/mol. The fourth-order valence-corrected chi connectivity index (χ4v) is 2.78. The van der Waals surface area contributed by atoms with Crippen LogP contribution in [0.4, 0.5) is 10.5 Å². The Balaban J connectivity index is 1.74. The van der Waals surface area contributed by atoms with Crippen molar-refractivity contribution >= 4 is 11.7 Å². The highest BCUT2D eigenvalue weighted by atomic mass is 16.2. The third-order valence-electron chi connectivity index (χ3n) is 4.07. The molecule has 19 heavy (non-hydrogen) atoms. The molecule has 3 nitrogen and oxygen atoms in total. The van der Waals surface area contributed by atoms with E-state index in [1.165, 1.54) is 24.0 Å². The summed E-state index contributed by atoms with van der Waals surface area (Å²) in [5.41, 5.74) is 3.59. The summed E-state index contributed by atoms with van der Waals surface area (Å²) in [5, 5.41) is 2.94. The summed E-state index contributed by atoms with van der Waals surface area (Å²) in [6.45, 7) is 4.19. The van der Waals surface area contributed by atoms with E-state index in [4.69, 9.17) is 0 Å². The minimum Gasteiger partial charge on any atom is -0.314 e. The molecule has 0 bridgehead atoms. The van der Waals surface area contributed by atoms with E-state index in [-0.39, 0.29) is 12.1 Å². The predicted octanol–water partition coefficient (Wildman–Crippen LogP) is 3.46. The molecule has 1 saturated carbocycles. The van der Waals surface area contributed by atoms with E-state index in [1.54, 1.807) is 0 Å². The molecule has 1 atom stereocenters. The largest absolute Gasteiger partial charge is 0.326 e. The normalized spacial score (nSPS) is 22.3. The standard InChI is InChI=1S/C16H20N2O/c1-11(13-7-8-13)10-17-16(19)18-12(2)9-14-5-3-4-6-15(14)18/h3-6,10,12-13H,7-9H2,1-2H3,(H,17,19)/b11-10+. The molecule has 3 rings (SSSR count). The molecular formula is C16H20N2O. The number of nitrogens with zero attached hydrogens (tertiary/aromatic N) is 1. The van der Waals surface area contributed by atoms with Crippen molar-refractivity contribution in [3.8, 4) is 0 Å². The van der Waals surface area contributed by atoms with Crippen molar-refractivity contribution < 1.29 is 4.79 Å². The maximum absolute atomic E-state index is 12.3. The number of amides is 2. The van der Waals surface area contributed by atoms with Crippen LogP contribution in [0.5, 0.6) is 0 Å². The number of fused-ring (bicyclic) bond motifs is 1. The summed E-state index contributed by atoms with van der Waals surface area (Å²) < 4.78 is 0. The van der Waals surface area contributed by atoms with Crippen LogP contribution in [0.25, 0.3) is 0 Å². The van der Waals surface area contributed by atoms with E-state index in [1.807, 2.05) is 29.3 Å². The summed E-state index contributed by atoms with van der Waals surface area (Å²) in [6, 6.07) is 8.36. The molecule has 2 amide bonds. The van der Waals surface area contributed by atoms with Crippen molar-refractivity contribution in [1.82, 2.24) is 5.32 Å². The first kappa shape index (κ1) is 12.3. The first-order valence-corrected chi connectivity index (χ1v) is 7.01. The van der Waals surface area contributed by atoms with Crippen LogP contribution in [0.3, 0.4) is 0 Å². The third-order valence-corrected chi connectivity index (χ3v) is 4.07. The molecule has 1 N–H and O–H groups in total. The van der Waals surface area contributed by atoms with E-state index < -0.39 is 0 Å². The summed E-state index contributed by atoms with van der Waals surface area (Å²) >= 11 is 0. The molecule has 0 saturated heterocycles. The maximum Gasteiger partial charge on any atom is 0.326 e. The van der Waals surface area contributed by atoms with Gasteiger partial charge in [0.1, 0.15) is 0 Å². The average Bonchev–Trinajstić information content (AvgIpc) is 3.18. The second-order valence-corrected chi connectivity index (χ2v) is 5.66. The maximum atomic E-state index is 12.3. The molecule has 1 aromatic rings. The molecule has 0 radical (unpaired) electrons. The zero-order valence-corrected chi connectivity index (χ0v) is 11.5. The van der Waals surface area contributed by atoms with Gasteiger partial charge in [-0.25, -0.2) is 4.79 Å². The first-order valence-electron chi connectivity index (χ1n) is 7.01. The number of nitrogens with one attached hydrogen (secondary N) is 1. The molecule has 3 heteroatoms. The number of hydrogen-bond acceptors (Lipinski definition) is 1. The van der Waals surface area contributed by atoms with Gasteiger partial charge in [-0.05, 0) is 50.7 Å². The fourth-order valence-electron chi connectivity index (χ4n) is 2.78. The molecular weight excluding hydrogens is 236 g/mol. The SMILES string of the molecule is C/C(=C\NC(=O)N1c2ccccc2CC1C)C1CC1. The van der Waals surface area contributed by atoms with Crippen molar-refractivity contribution in [2.24, 2.45) is 5.92 Å². The number of hydrogen-bond donors (Lipinski definition) is 1. The Hall–Kier alpha value is -1.77. The van der Waals surface area contributed by atoms with Gasteiger partial charge >= 0.3 is 6.03 Å². The molecule has 1 fully saturated rings. The van der Waals surface area contributed by atoms with Crippen LogP contribution in [-0.4, -0.2) is 12.1 Å². The van der Waals surface area contributed by atoms with Gasteiger partial charge in [0.05, 0.1) is 0 Å². The number of allylic oxidation sites excluding steroid dienone is 1. The quantitative estimate of drug-likeness (QED) is 0.863. The Labute approximate surface area is 114 Å². The van der Waals surface area contributed by atoms with Crippen LogP contribution >= 0.6 is 0 Å². The van der Waals surface area contributed by atoms with Gasteiger partial charge in [-0.1, -0.05) is 23.8 Å². The van der Waals surface area contributed by atoms with Crippen molar-refractivity contribution in [1.29, 1.82) is 0 Å². The number of para-hydroxylation sites is 1. The number of carbonyl (C=O) groups excluding carboxylic acids is 1. The number of anilines is 1. The highest BCUT2D eigenvalue weighted by Crippen LogP contribution is 2.36. The second-order valence-electron chi connectivity index (χ2n) is 5.66. The smallest absolute Gasteiger partial charge is 0.314 e. The highest BCUT2D eigenvalue weighted by Gasteiger charge is 2.30. The Bertz CT molecular complexity index is 531. The van der Waals surface area contributed by atoms with Gasteiger partial charge in [0.2, 0.25) is 0 Å². The van der Waals surface area contributed by atoms with Crippen molar-refractivity contribution in [2.45, 2.75) is 39.2 Å². The summed E-state index contributed by atoms with van der Waals surface area (Å²) in [4.78, 5) is 14.2. The third kappa shape index (κ3) is 2.37. The Morgan fingerprint density at radius 1 is 1.37 bits per heavy atom. The van der Waals surface area contributed by atoms with E-state index in [2.05, 4.69) is 25.2 Å². The Morgan fingerprint density at radius 3 is 2.84 bits per heavy atom. The topological polar surface area (TPSA) is 32.3 Å². The lowest BCUT2D eigenvalue weighted by Crippen LogP contribution is -2.41. The Morgan fingerprint density at radius 2 is 2.11 bits per heavy atom. The number of carbonyl (C=O) groups is 1. The average molecular weight is 256 g/mol. The minimum absolute atomic E-state index is 0.0162. The van der Waals surface area contributed by atoms with Crippen LogP contribution in [0.15, 0.2) is 36.0 Å². The van der Waals surface area contributed by atoms with Gasteiger partial charge in [-0.15, -0.1) is 0 Å². The molecule has 0 spiro atoms. The van der Waals surface area contributed by atoms with E-state index in [0.717, 1.165) is 12.1 Å². The van der Waals surface area contributed by atoms with Crippen LogP contribution in [0, 0.1) is 5.92 Å². The van der Waals surface area contributed by atoms with Crippen molar-refractivity contribution in [2.75, 3.05) is 4.90 Å². The zero-order chi connectivity index (χ0) is 13.4. The van der Waals surface area contributed by atoms with Crippen molar-refractivity contribution in [3.05, 3.63) is 41.6 Å². The summed E-state index contributed by atoms with van der Waals surface area (Å²) in [7, 11) is 0.